The maximum Gasteiger partial charge on any atom is 0.157 e. The molecule has 0 aliphatic carbocycles. The molecule has 188 valence electrons. The smallest absolute Gasteiger partial charge is 0.157 e. The van der Waals surface area contributed by atoms with Gasteiger partial charge in [0.15, 0.2) is 6.29 Å². The van der Waals surface area contributed by atoms with E-state index in [4.69, 9.17) is 9.47 Å². The Morgan fingerprint density at radius 2 is 1.11 bits per heavy atom. The van der Waals surface area contributed by atoms with Crippen LogP contribution >= 0.6 is 7.26 Å². The topological polar surface area (TPSA) is 18.5 Å². The molecule has 1 fully saturated rings. The summed E-state index contributed by atoms with van der Waals surface area (Å²) >= 11 is 0. The average molecular weight is 556 g/mol. The van der Waals surface area contributed by atoms with Gasteiger partial charge in [-0.2, -0.15) is 0 Å². The van der Waals surface area contributed by atoms with Crippen LogP contribution in [0.1, 0.15) is 57.8 Å². The van der Waals surface area contributed by atoms with Crippen LogP contribution in [0.4, 0.5) is 0 Å². The molecule has 3 aromatic rings. The molecule has 0 radical (unpaired) electrons. The summed E-state index contributed by atoms with van der Waals surface area (Å²) in [6.45, 7) is 1.71. The number of halogens is 1. The molecule has 2 nitrogen and oxygen atoms in total. The average Bonchev–Trinajstić information content (AvgIpc) is 2.92. The summed E-state index contributed by atoms with van der Waals surface area (Å²) in [5, 5.41) is 4.48. The Bertz CT molecular complexity index is 833. The lowest BCUT2D eigenvalue weighted by Crippen LogP contribution is -3.00. The number of hydrogen-bond donors (Lipinski definition) is 0. The highest BCUT2D eigenvalue weighted by Crippen LogP contribution is 2.55. The summed E-state index contributed by atoms with van der Waals surface area (Å²) in [6.07, 6.45) is 12.3. The van der Waals surface area contributed by atoms with Crippen molar-refractivity contribution < 1.29 is 26.5 Å². The summed E-state index contributed by atoms with van der Waals surface area (Å²) in [5.74, 6) is 0. The first-order chi connectivity index (χ1) is 16.9. The van der Waals surface area contributed by atoms with E-state index in [9.17, 15) is 0 Å². The molecule has 1 unspecified atom stereocenters. The number of rotatable bonds is 13. The van der Waals surface area contributed by atoms with E-state index in [0.29, 0.717) is 0 Å². The van der Waals surface area contributed by atoms with Gasteiger partial charge in [0.05, 0.1) is 6.16 Å². The van der Waals surface area contributed by atoms with Crippen molar-refractivity contribution in [3.05, 3.63) is 91.0 Å². The molecular formula is C31H40BrO2P. The van der Waals surface area contributed by atoms with Gasteiger partial charge in [0.2, 0.25) is 0 Å². The van der Waals surface area contributed by atoms with Crippen LogP contribution in [0.5, 0.6) is 0 Å². The van der Waals surface area contributed by atoms with Gasteiger partial charge in [-0.15, -0.1) is 0 Å². The van der Waals surface area contributed by atoms with Crippen molar-refractivity contribution in [2.75, 3.05) is 19.4 Å². The van der Waals surface area contributed by atoms with Gasteiger partial charge in [-0.05, 0) is 74.9 Å². The lowest BCUT2D eigenvalue weighted by atomic mass is 10.1. The standard InChI is InChI=1S/C31H40O2P.BrH/c1(3-15-25-32-31-24-14-16-26-33-31)2-4-17-27-34(28-18-8-5-9-19-28,29-20-10-6-11-21-29)30-22-12-7-13-23-30;/h5-13,18-23,31H,1-4,14-17,24-27H2;1H/q+1;/p-1. The van der Waals surface area contributed by atoms with Crippen molar-refractivity contribution in [2.45, 2.75) is 64.1 Å². The van der Waals surface area contributed by atoms with Gasteiger partial charge in [0, 0.05) is 13.2 Å². The first-order valence-electron chi connectivity index (χ1n) is 13.2. The van der Waals surface area contributed by atoms with Crippen molar-refractivity contribution in [3.63, 3.8) is 0 Å². The lowest BCUT2D eigenvalue weighted by Gasteiger charge is -2.27. The number of ether oxygens (including phenoxy) is 2. The minimum atomic E-state index is -1.67. The minimum Gasteiger partial charge on any atom is -1.00 e. The molecule has 0 saturated carbocycles. The predicted octanol–water partition coefficient (Wildman–Crippen LogP) is 3.87. The van der Waals surface area contributed by atoms with Gasteiger partial charge in [0.1, 0.15) is 23.2 Å². The molecular weight excluding hydrogens is 515 g/mol. The Morgan fingerprint density at radius 1 is 0.629 bits per heavy atom. The Labute approximate surface area is 223 Å². The summed E-state index contributed by atoms with van der Waals surface area (Å²) in [4.78, 5) is 0. The van der Waals surface area contributed by atoms with Gasteiger partial charge in [0.25, 0.3) is 0 Å². The predicted molar refractivity (Wildman–Crippen MR) is 147 cm³/mol. The van der Waals surface area contributed by atoms with Crippen molar-refractivity contribution in [1.29, 1.82) is 0 Å². The second-order valence-electron chi connectivity index (χ2n) is 9.33. The van der Waals surface area contributed by atoms with E-state index in [1.807, 2.05) is 0 Å². The van der Waals surface area contributed by atoms with Gasteiger partial charge < -0.3 is 26.5 Å². The van der Waals surface area contributed by atoms with E-state index in [2.05, 4.69) is 91.0 Å². The maximum atomic E-state index is 5.88. The zero-order valence-electron chi connectivity index (χ0n) is 20.9. The molecule has 4 heteroatoms. The third-order valence-electron chi connectivity index (χ3n) is 6.92. The Balaban J connectivity index is 0.00000342. The van der Waals surface area contributed by atoms with E-state index < -0.39 is 7.26 Å². The van der Waals surface area contributed by atoms with Crippen molar-refractivity contribution in [1.82, 2.24) is 0 Å². The fourth-order valence-electron chi connectivity index (χ4n) is 5.10. The zero-order chi connectivity index (χ0) is 23.3. The molecule has 1 heterocycles. The molecule has 0 spiro atoms. The third kappa shape index (κ3) is 7.99. The molecule has 0 amide bonds. The fourth-order valence-corrected chi connectivity index (χ4v) is 9.51. The summed E-state index contributed by atoms with van der Waals surface area (Å²) in [7, 11) is -1.67. The van der Waals surface area contributed by atoms with E-state index in [-0.39, 0.29) is 23.3 Å². The molecule has 0 N–H and O–H groups in total. The summed E-state index contributed by atoms with van der Waals surface area (Å²) < 4.78 is 11.5. The van der Waals surface area contributed by atoms with Crippen LogP contribution in [0.25, 0.3) is 0 Å². The van der Waals surface area contributed by atoms with Crippen LogP contribution in [-0.2, 0) is 9.47 Å². The van der Waals surface area contributed by atoms with Crippen molar-refractivity contribution >= 4 is 23.2 Å². The monoisotopic (exact) mass is 554 g/mol. The fraction of sp³-hybridized carbons (Fsp3) is 0.419. The highest BCUT2D eigenvalue weighted by atomic mass is 79.9. The normalized spacial score (nSPS) is 15.9. The molecule has 1 saturated heterocycles. The number of benzene rings is 3. The Morgan fingerprint density at radius 3 is 1.60 bits per heavy atom. The molecule has 0 aromatic heterocycles. The Hall–Kier alpha value is -1.51. The van der Waals surface area contributed by atoms with E-state index in [1.165, 1.54) is 67.0 Å². The lowest BCUT2D eigenvalue weighted by molar-refractivity contribution is -0.162. The highest BCUT2D eigenvalue weighted by Gasteiger charge is 2.44. The first kappa shape index (κ1) is 28.1. The minimum absolute atomic E-state index is 0. The van der Waals surface area contributed by atoms with Gasteiger partial charge in [-0.25, -0.2) is 0 Å². The van der Waals surface area contributed by atoms with Crippen LogP contribution in [0.2, 0.25) is 0 Å². The SMILES string of the molecule is [Br-].c1ccc([P+](CCCCCCCCOC2CCCCO2)(c2ccccc2)c2ccccc2)cc1. The van der Waals surface area contributed by atoms with Crippen molar-refractivity contribution in [2.24, 2.45) is 0 Å². The van der Waals surface area contributed by atoms with E-state index in [0.717, 1.165) is 26.1 Å². The third-order valence-corrected chi connectivity index (χ3v) is 11.4. The molecule has 3 aromatic carbocycles. The largest absolute Gasteiger partial charge is 1.00 e. The van der Waals surface area contributed by atoms with Crippen LogP contribution in [0, 0.1) is 0 Å². The number of unbranched alkanes of at least 4 members (excludes halogenated alkanes) is 5. The molecule has 1 aliphatic rings. The summed E-state index contributed by atoms with van der Waals surface area (Å²) in [6, 6.07) is 33.7. The van der Waals surface area contributed by atoms with Gasteiger partial charge in [-0.3, -0.25) is 0 Å². The van der Waals surface area contributed by atoms with Crippen LogP contribution in [0.15, 0.2) is 91.0 Å². The first-order valence-corrected chi connectivity index (χ1v) is 15.2. The Kier molecular flexibility index (Phi) is 12.5. The number of hydrogen-bond acceptors (Lipinski definition) is 2. The molecule has 35 heavy (non-hydrogen) atoms. The van der Waals surface area contributed by atoms with E-state index >= 15 is 0 Å². The van der Waals surface area contributed by atoms with Crippen LogP contribution in [0.3, 0.4) is 0 Å². The van der Waals surface area contributed by atoms with Crippen molar-refractivity contribution in [3.8, 4) is 0 Å². The molecule has 4 rings (SSSR count). The highest BCUT2D eigenvalue weighted by molar-refractivity contribution is 7.95. The summed E-state index contributed by atoms with van der Waals surface area (Å²) in [5.41, 5.74) is 0. The zero-order valence-corrected chi connectivity index (χ0v) is 23.3. The molecule has 0 bridgehead atoms. The van der Waals surface area contributed by atoms with Gasteiger partial charge >= 0.3 is 0 Å². The molecule has 1 aliphatic heterocycles. The second kappa shape index (κ2) is 15.6. The molecule has 1 atom stereocenters. The maximum absolute atomic E-state index is 5.88. The second-order valence-corrected chi connectivity index (χ2v) is 12.9. The van der Waals surface area contributed by atoms with Gasteiger partial charge in [-0.1, -0.05) is 73.9 Å². The van der Waals surface area contributed by atoms with E-state index in [1.54, 1.807) is 0 Å². The van der Waals surface area contributed by atoms with Crippen LogP contribution in [-0.4, -0.2) is 25.7 Å². The quantitative estimate of drug-likeness (QED) is 0.236. The van der Waals surface area contributed by atoms with Crippen LogP contribution < -0.4 is 32.9 Å².